The molecule has 2 fully saturated rings. The van der Waals surface area contributed by atoms with Crippen LogP contribution in [-0.4, -0.2) is 42.4 Å². The molecule has 1 aliphatic carbocycles. The number of carbonyl (C=O) groups excluding carboxylic acids is 2. The van der Waals surface area contributed by atoms with Gasteiger partial charge in [-0.2, -0.15) is 0 Å². The molecule has 1 aromatic rings. The lowest BCUT2D eigenvalue weighted by Crippen LogP contribution is -2.34. The number of carbonyl (C=O) groups is 2. The highest BCUT2D eigenvalue weighted by molar-refractivity contribution is 5.94. The molecule has 3 rings (SSSR count). The van der Waals surface area contributed by atoms with Crippen molar-refractivity contribution in [1.82, 2.24) is 10.2 Å². The van der Waals surface area contributed by atoms with E-state index in [1.165, 1.54) is 24.3 Å². The van der Waals surface area contributed by atoms with Crippen LogP contribution >= 0.6 is 12.4 Å². The molecule has 3 N–H and O–H groups in total. The Morgan fingerprint density at radius 3 is 2.60 bits per heavy atom. The monoisotopic (exact) mass is 369 g/mol. The largest absolute Gasteiger partial charge is 0.352 e. The van der Waals surface area contributed by atoms with E-state index < -0.39 is 0 Å². The Balaban J connectivity index is 0.00000225. The quantitative estimate of drug-likeness (QED) is 0.779. The average Bonchev–Trinajstić information content (AvgIpc) is 3.14. The smallest absolute Gasteiger partial charge is 0.251 e. The molecular formula is C18H25ClFN3O2. The topological polar surface area (TPSA) is 75.4 Å². The molecule has 1 aliphatic heterocycles. The van der Waals surface area contributed by atoms with Crippen LogP contribution < -0.4 is 11.1 Å². The van der Waals surface area contributed by atoms with Crippen LogP contribution in [0, 0.1) is 17.7 Å². The van der Waals surface area contributed by atoms with Gasteiger partial charge in [0.1, 0.15) is 5.82 Å². The Kier molecular flexibility index (Phi) is 6.79. The number of fused-ring (bicyclic) bond motifs is 1. The van der Waals surface area contributed by atoms with Crippen molar-refractivity contribution in [1.29, 1.82) is 0 Å². The second-order valence-corrected chi connectivity index (χ2v) is 6.83. The number of nitrogens with one attached hydrogen (secondary N) is 1. The molecule has 3 unspecified atom stereocenters. The molecule has 0 radical (unpaired) electrons. The molecular weight excluding hydrogens is 345 g/mol. The third-order valence-corrected chi connectivity index (χ3v) is 5.22. The maximum Gasteiger partial charge on any atom is 0.251 e. The van der Waals surface area contributed by atoms with Crippen LogP contribution in [-0.2, 0) is 4.79 Å². The average molecular weight is 370 g/mol. The van der Waals surface area contributed by atoms with Crippen LogP contribution in [0.3, 0.4) is 0 Å². The van der Waals surface area contributed by atoms with E-state index in [4.69, 9.17) is 5.73 Å². The molecule has 0 aromatic heterocycles. The lowest BCUT2D eigenvalue weighted by molar-refractivity contribution is -0.130. The van der Waals surface area contributed by atoms with E-state index in [0.29, 0.717) is 36.8 Å². The number of amides is 2. The minimum absolute atomic E-state index is 0. The third-order valence-electron chi connectivity index (χ3n) is 5.22. The number of nitrogens with zero attached hydrogens (tertiary/aromatic N) is 1. The van der Waals surface area contributed by atoms with Gasteiger partial charge in [0.05, 0.1) is 0 Å². The van der Waals surface area contributed by atoms with Crippen LogP contribution in [0.2, 0.25) is 0 Å². The van der Waals surface area contributed by atoms with Gasteiger partial charge in [0.2, 0.25) is 5.91 Å². The predicted molar refractivity (Wildman–Crippen MR) is 96.0 cm³/mol. The maximum absolute atomic E-state index is 12.8. The number of rotatable bonds is 5. The standard InChI is InChI=1S/C18H24FN3O2.ClH/c19-14-6-3-12(4-7-14)18(24)21-9-1-2-17(23)22-10-13-5-8-16(20)15(13)11-22;/h3-4,6-7,13,15-16H,1-2,5,8-11,20H2,(H,21,24);1H. The van der Waals surface area contributed by atoms with Gasteiger partial charge in [0.25, 0.3) is 5.91 Å². The van der Waals surface area contributed by atoms with Gasteiger partial charge in [-0.1, -0.05) is 0 Å². The van der Waals surface area contributed by atoms with E-state index in [1.54, 1.807) is 0 Å². The number of likely N-dealkylation sites (tertiary alicyclic amines) is 1. The molecule has 1 heterocycles. The van der Waals surface area contributed by atoms with Crippen molar-refractivity contribution in [2.24, 2.45) is 17.6 Å². The van der Waals surface area contributed by atoms with Crippen molar-refractivity contribution in [3.8, 4) is 0 Å². The predicted octanol–water partition coefficient (Wildman–Crippen LogP) is 1.95. The van der Waals surface area contributed by atoms with Gasteiger partial charge in [0.15, 0.2) is 0 Å². The van der Waals surface area contributed by atoms with Crippen LogP contribution in [0.4, 0.5) is 4.39 Å². The Hall–Kier alpha value is -1.66. The molecule has 2 amide bonds. The Morgan fingerprint density at radius 1 is 1.20 bits per heavy atom. The van der Waals surface area contributed by atoms with Gasteiger partial charge in [-0.05, 0) is 55.4 Å². The summed E-state index contributed by atoms with van der Waals surface area (Å²) in [6.45, 7) is 2.05. The summed E-state index contributed by atoms with van der Waals surface area (Å²) in [6, 6.07) is 5.65. The molecule has 0 spiro atoms. The first-order valence-electron chi connectivity index (χ1n) is 8.61. The first-order valence-corrected chi connectivity index (χ1v) is 8.61. The van der Waals surface area contributed by atoms with Crippen LogP contribution in [0.15, 0.2) is 24.3 Å². The molecule has 1 aromatic carbocycles. The zero-order chi connectivity index (χ0) is 17.1. The molecule has 2 aliphatic rings. The van der Waals surface area contributed by atoms with Crippen molar-refractivity contribution < 1.29 is 14.0 Å². The SMILES string of the molecule is Cl.NC1CCC2CN(C(=O)CCCNC(=O)c3ccc(F)cc3)CC12. The Labute approximate surface area is 153 Å². The summed E-state index contributed by atoms with van der Waals surface area (Å²) in [4.78, 5) is 26.1. The number of hydrogen-bond donors (Lipinski definition) is 2. The van der Waals surface area contributed by atoms with Gasteiger partial charge in [-0.3, -0.25) is 9.59 Å². The third kappa shape index (κ3) is 4.70. The summed E-state index contributed by atoms with van der Waals surface area (Å²) in [7, 11) is 0. The summed E-state index contributed by atoms with van der Waals surface area (Å²) in [5.41, 5.74) is 6.51. The normalized spacial score (nSPS) is 24.6. The highest BCUT2D eigenvalue weighted by Crippen LogP contribution is 2.37. The summed E-state index contributed by atoms with van der Waals surface area (Å²) in [5, 5.41) is 2.76. The van der Waals surface area contributed by atoms with Crippen molar-refractivity contribution in [2.75, 3.05) is 19.6 Å². The van der Waals surface area contributed by atoms with E-state index in [-0.39, 0.29) is 36.1 Å². The fourth-order valence-electron chi connectivity index (χ4n) is 3.81. The first-order chi connectivity index (χ1) is 11.5. The number of nitrogens with two attached hydrogens (primary N) is 1. The lowest BCUT2D eigenvalue weighted by atomic mass is 9.98. The minimum Gasteiger partial charge on any atom is -0.352 e. The van der Waals surface area contributed by atoms with E-state index >= 15 is 0 Å². The summed E-state index contributed by atoms with van der Waals surface area (Å²) in [6.07, 6.45) is 3.23. The summed E-state index contributed by atoms with van der Waals surface area (Å²) >= 11 is 0. The number of halogens is 2. The van der Waals surface area contributed by atoms with Crippen molar-refractivity contribution in [2.45, 2.75) is 31.7 Å². The summed E-state index contributed by atoms with van der Waals surface area (Å²) < 4.78 is 12.8. The molecule has 7 heteroatoms. The Morgan fingerprint density at radius 2 is 1.92 bits per heavy atom. The van der Waals surface area contributed by atoms with Crippen molar-refractivity contribution in [3.63, 3.8) is 0 Å². The second-order valence-electron chi connectivity index (χ2n) is 6.83. The van der Waals surface area contributed by atoms with Gasteiger partial charge in [0, 0.05) is 37.7 Å². The van der Waals surface area contributed by atoms with Crippen LogP contribution in [0.25, 0.3) is 0 Å². The fraction of sp³-hybridized carbons (Fsp3) is 0.556. The highest BCUT2D eigenvalue weighted by Gasteiger charge is 2.42. The molecule has 1 saturated heterocycles. The van der Waals surface area contributed by atoms with E-state index in [2.05, 4.69) is 5.32 Å². The second kappa shape index (κ2) is 8.63. The molecule has 3 atom stereocenters. The van der Waals surface area contributed by atoms with Crippen molar-refractivity contribution in [3.05, 3.63) is 35.6 Å². The van der Waals surface area contributed by atoms with Gasteiger partial charge >= 0.3 is 0 Å². The van der Waals surface area contributed by atoms with Gasteiger partial charge in [-0.15, -0.1) is 12.4 Å². The first kappa shape index (κ1) is 19.7. The van der Waals surface area contributed by atoms with E-state index in [9.17, 15) is 14.0 Å². The van der Waals surface area contributed by atoms with Crippen LogP contribution in [0.1, 0.15) is 36.0 Å². The maximum atomic E-state index is 12.8. The van der Waals surface area contributed by atoms with Crippen LogP contribution in [0.5, 0.6) is 0 Å². The summed E-state index contributed by atoms with van der Waals surface area (Å²) in [5.74, 6) is 0.568. The lowest BCUT2D eigenvalue weighted by Gasteiger charge is -2.18. The minimum atomic E-state index is -0.368. The van der Waals surface area contributed by atoms with E-state index in [0.717, 1.165) is 25.9 Å². The molecule has 0 bridgehead atoms. The number of hydrogen-bond acceptors (Lipinski definition) is 3. The molecule has 138 valence electrons. The van der Waals surface area contributed by atoms with Gasteiger partial charge in [-0.25, -0.2) is 4.39 Å². The zero-order valence-corrected chi connectivity index (χ0v) is 14.9. The van der Waals surface area contributed by atoms with E-state index in [1.807, 2.05) is 4.90 Å². The Bertz CT molecular complexity index is 611. The van der Waals surface area contributed by atoms with Crippen molar-refractivity contribution >= 4 is 24.2 Å². The molecule has 5 nitrogen and oxygen atoms in total. The highest BCUT2D eigenvalue weighted by atomic mass is 35.5. The zero-order valence-electron chi connectivity index (χ0n) is 14.1. The molecule has 25 heavy (non-hydrogen) atoms. The van der Waals surface area contributed by atoms with Gasteiger partial charge < -0.3 is 16.0 Å². The number of benzene rings is 1. The fourth-order valence-corrected chi connectivity index (χ4v) is 3.81. The molecule has 1 saturated carbocycles.